The number of amides is 1. The molecule has 0 saturated carbocycles. The Morgan fingerprint density at radius 2 is 0.610 bits per heavy atom. The second kappa shape index (κ2) is 66.8. The summed E-state index contributed by atoms with van der Waals surface area (Å²) in [6.07, 6.45) is 83.9. The fourth-order valence-electron chi connectivity index (χ4n) is 11.1. The van der Waals surface area contributed by atoms with E-state index in [2.05, 4.69) is 31.3 Å². The summed E-state index contributed by atoms with van der Waals surface area (Å²) in [6.45, 7) is 4.94. The summed E-state index contributed by atoms with van der Waals surface area (Å²) < 4.78 is 5.49. The van der Waals surface area contributed by atoms with Gasteiger partial charge in [0.1, 0.15) is 0 Å². The van der Waals surface area contributed by atoms with Crippen LogP contribution in [-0.4, -0.2) is 47.4 Å². The van der Waals surface area contributed by atoms with E-state index in [0.717, 1.165) is 44.9 Å². The lowest BCUT2D eigenvalue weighted by molar-refractivity contribution is -0.143. The Balaban J connectivity index is 3.43. The molecule has 6 heteroatoms. The van der Waals surface area contributed by atoms with Crippen LogP contribution in [0.2, 0.25) is 0 Å². The molecule has 0 aliphatic rings. The lowest BCUT2D eigenvalue weighted by atomic mass is 10.0. The minimum absolute atomic E-state index is 0.0131. The van der Waals surface area contributed by atoms with Crippen molar-refractivity contribution in [1.82, 2.24) is 5.32 Å². The van der Waals surface area contributed by atoms with Gasteiger partial charge in [-0.2, -0.15) is 0 Å². The first kappa shape index (κ1) is 75.3. The third-order valence-electron chi connectivity index (χ3n) is 16.5. The van der Waals surface area contributed by atoms with Gasteiger partial charge >= 0.3 is 5.97 Å². The van der Waals surface area contributed by atoms with Crippen LogP contribution in [0.5, 0.6) is 0 Å². The highest BCUT2D eigenvalue weighted by Crippen LogP contribution is 2.19. The van der Waals surface area contributed by atoms with E-state index in [0.29, 0.717) is 19.4 Å². The highest BCUT2D eigenvalue weighted by Gasteiger charge is 2.18. The molecule has 0 radical (unpaired) electrons. The molecule has 0 aromatic rings. The molecule has 0 aliphatic carbocycles. The molecule has 77 heavy (non-hydrogen) atoms. The number of hydrogen-bond donors (Lipinski definition) is 3. The number of carbonyl (C=O) groups is 2. The molecule has 0 aliphatic heterocycles. The van der Waals surface area contributed by atoms with Gasteiger partial charge in [0.15, 0.2) is 0 Å². The van der Waals surface area contributed by atoms with Gasteiger partial charge in [-0.05, 0) is 57.8 Å². The molecule has 2 atom stereocenters. The molecule has 0 rings (SSSR count). The average Bonchev–Trinajstić information content (AvgIpc) is 3.43. The first-order valence-corrected chi connectivity index (χ1v) is 35.1. The van der Waals surface area contributed by atoms with Gasteiger partial charge in [-0.3, -0.25) is 9.59 Å². The first-order chi connectivity index (χ1) is 38.0. The molecular weight excluding hydrogens is 947 g/mol. The van der Waals surface area contributed by atoms with Crippen LogP contribution in [0.4, 0.5) is 0 Å². The van der Waals surface area contributed by atoms with E-state index in [1.165, 1.54) is 321 Å². The Hall–Kier alpha value is -1.66. The number of aliphatic hydroxyl groups excluding tert-OH is 2. The van der Waals surface area contributed by atoms with E-state index in [1.54, 1.807) is 6.08 Å². The van der Waals surface area contributed by atoms with Gasteiger partial charge in [0.25, 0.3) is 0 Å². The van der Waals surface area contributed by atoms with Crippen molar-refractivity contribution in [1.29, 1.82) is 0 Å². The minimum atomic E-state index is -0.850. The van der Waals surface area contributed by atoms with Crippen LogP contribution >= 0.6 is 0 Å². The van der Waals surface area contributed by atoms with Crippen molar-refractivity contribution in [3.05, 3.63) is 24.3 Å². The standard InChI is InChI=1S/C71H137NO5/c1-3-5-7-9-11-13-15-17-19-20-21-22-23-26-29-32-36-39-43-47-51-55-59-63-69(74)68(67-73)72-70(75)64-60-56-52-48-44-40-37-33-30-27-24-25-28-31-34-38-42-46-50-54-58-62-66-77-71(76)65-61-57-53-49-45-41-35-18-16-14-12-10-8-6-4-2/h27,30,59,63,68-69,73-74H,3-26,28-29,31-58,60-62,64-67H2,1-2H3,(H,72,75)/b30-27-,63-59+. The van der Waals surface area contributed by atoms with Crippen molar-refractivity contribution in [2.45, 2.75) is 405 Å². The molecule has 2 unspecified atom stereocenters. The average molecular weight is 1080 g/mol. The van der Waals surface area contributed by atoms with Gasteiger partial charge in [0.05, 0.1) is 25.4 Å². The van der Waals surface area contributed by atoms with Crippen LogP contribution in [0.3, 0.4) is 0 Å². The molecule has 0 aromatic heterocycles. The van der Waals surface area contributed by atoms with Crippen molar-refractivity contribution >= 4 is 11.9 Å². The molecular formula is C71H137NO5. The van der Waals surface area contributed by atoms with E-state index >= 15 is 0 Å². The number of unbranched alkanes of at least 4 members (excludes halogenated alkanes) is 53. The second-order valence-electron chi connectivity index (χ2n) is 24.2. The largest absolute Gasteiger partial charge is 0.466 e. The van der Waals surface area contributed by atoms with Gasteiger partial charge in [-0.1, -0.05) is 346 Å². The van der Waals surface area contributed by atoms with Crippen molar-refractivity contribution in [2.24, 2.45) is 0 Å². The smallest absolute Gasteiger partial charge is 0.305 e. The zero-order valence-corrected chi connectivity index (χ0v) is 52.2. The van der Waals surface area contributed by atoms with E-state index in [4.69, 9.17) is 4.74 Å². The molecule has 0 bridgehead atoms. The molecule has 0 saturated heterocycles. The maximum Gasteiger partial charge on any atom is 0.305 e. The summed E-state index contributed by atoms with van der Waals surface area (Å²) >= 11 is 0. The fraction of sp³-hybridized carbons (Fsp3) is 0.915. The summed E-state index contributed by atoms with van der Waals surface area (Å²) in [6, 6.07) is -0.634. The van der Waals surface area contributed by atoms with Crippen LogP contribution < -0.4 is 5.32 Å². The number of nitrogens with one attached hydrogen (secondary N) is 1. The van der Waals surface area contributed by atoms with Crippen molar-refractivity contribution in [3.63, 3.8) is 0 Å². The molecule has 0 heterocycles. The fourth-order valence-corrected chi connectivity index (χ4v) is 11.1. The van der Waals surface area contributed by atoms with Crippen molar-refractivity contribution in [3.8, 4) is 0 Å². The Morgan fingerprint density at radius 3 is 0.922 bits per heavy atom. The van der Waals surface area contributed by atoms with Crippen molar-refractivity contribution in [2.75, 3.05) is 13.2 Å². The van der Waals surface area contributed by atoms with E-state index < -0.39 is 12.1 Å². The van der Waals surface area contributed by atoms with Crippen molar-refractivity contribution < 1.29 is 24.5 Å². The predicted molar refractivity (Wildman–Crippen MR) is 338 cm³/mol. The van der Waals surface area contributed by atoms with Gasteiger partial charge in [0, 0.05) is 12.8 Å². The third kappa shape index (κ3) is 63.4. The van der Waals surface area contributed by atoms with E-state index in [9.17, 15) is 19.8 Å². The Morgan fingerprint density at radius 1 is 0.351 bits per heavy atom. The number of aliphatic hydroxyl groups is 2. The van der Waals surface area contributed by atoms with Gasteiger partial charge in [-0.15, -0.1) is 0 Å². The van der Waals surface area contributed by atoms with Crippen LogP contribution in [0.1, 0.15) is 393 Å². The zero-order valence-electron chi connectivity index (χ0n) is 52.2. The second-order valence-corrected chi connectivity index (χ2v) is 24.2. The normalized spacial score (nSPS) is 12.6. The Labute approximate surface area is 481 Å². The van der Waals surface area contributed by atoms with Gasteiger partial charge in [-0.25, -0.2) is 0 Å². The molecule has 0 aromatic carbocycles. The molecule has 456 valence electrons. The number of ether oxygens (including phenoxy) is 1. The lowest BCUT2D eigenvalue weighted by Gasteiger charge is -2.20. The summed E-state index contributed by atoms with van der Waals surface area (Å²) in [5.41, 5.74) is 0. The SMILES string of the molecule is CCCCCCCCCCCCCCCCCCCCCCC/C=C/C(O)C(CO)NC(=O)CCCCCCCCC/C=C\CCCCCCCCCCCCCOC(=O)CCCCCCCCCCCCCCCCC. The topological polar surface area (TPSA) is 95.9 Å². The molecule has 0 fully saturated rings. The number of carbonyl (C=O) groups excluding carboxylic acids is 2. The number of allylic oxidation sites excluding steroid dienone is 3. The lowest BCUT2D eigenvalue weighted by Crippen LogP contribution is -2.45. The summed E-state index contributed by atoms with van der Waals surface area (Å²) in [7, 11) is 0. The summed E-state index contributed by atoms with van der Waals surface area (Å²) in [5.74, 6) is -0.0576. The number of hydrogen-bond acceptors (Lipinski definition) is 5. The van der Waals surface area contributed by atoms with Gasteiger partial charge in [0.2, 0.25) is 5.91 Å². The minimum Gasteiger partial charge on any atom is -0.466 e. The maximum absolute atomic E-state index is 12.5. The van der Waals surface area contributed by atoms with E-state index in [-0.39, 0.29) is 18.5 Å². The summed E-state index contributed by atoms with van der Waals surface area (Å²) in [5, 5.41) is 23.3. The molecule has 0 spiro atoms. The highest BCUT2D eigenvalue weighted by atomic mass is 16.5. The third-order valence-corrected chi connectivity index (χ3v) is 16.5. The molecule has 1 amide bonds. The van der Waals surface area contributed by atoms with Gasteiger partial charge < -0.3 is 20.3 Å². The number of rotatable bonds is 66. The maximum atomic E-state index is 12.5. The zero-order chi connectivity index (χ0) is 55.7. The molecule has 3 N–H and O–H groups in total. The number of esters is 1. The van der Waals surface area contributed by atoms with Crippen LogP contribution in [0.25, 0.3) is 0 Å². The monoisotopic (exact) mass is 1080 g/mol. The quantitative estimate of drug-likeness (QED) is 0.0320. The molecule has 6 nitrogen and oxygen atoms in total. The Bertz CT molecular complexity index is 1200. The Kier molecular flexibility index (Phi) is 65.4. The first-order valence-electron chi connectivity index (χ1n) is 35.1. The van der Waals surface area contributed by atoms with Crippen LogP contribution in [-0.2, 0) is 14.3 Å². The van der Waals surface area contributed by atoms with Crippen LogP contribution in [0.15, 0.2) is 24.3 Å². The van der Waals surface area contributed by atoms with E-state index in [1.807, 2.05) is 6.08 Å². The van der Waals surface area contributed by atoms with Crippen LogP contribution in [0, 0.1) is 0 Å². The predicted octanol–water partition coefficient (Wildman–Crippen LogP) is 22.5. The highest BCUT2D eigenvalue weighted by molar-refractivity contribution is 5.76. The summed E-state index contributed by atoms with van der Waals surface area (Å²) in [4.78, 5) is 24.6.